The second-order valence-electron chi connectivity index (χ2n) is 5.45. The second kappa shape index (κ2) is 3.38. The first-order valence-corrected chi connectivity index (χ1v) is 5.49. The minimum Gasteiger partial charge on any atom is -0.264 e. The van der Waals surface area contributed by atoms with E-state index < -0.39 is 0 Å². The van der Waals surface area contributed by atoms with Crippen molar-refractivity contribution in [3.8, 4) is 0 Å². The molecule has 0 amide bonds. The maximum absolute atomic E-state index is 4.19. The molecule has 0 aromatic carbocycles. The van der Waals surface area contributed by atoms with E-state index in [1.54, 1.807) is 0 Å². The molecule has 0 saturated heterocycles. The normalized spacial score (nSPS) is 21.8. The number of aromatic nitrogens is 1. The molecule has 0 N–H and O–H groups in total. The van der Waals surface area contributed by atoms with Gasteiger partial charge in [-0.2, -0.15) is 0 Å². The quantitative estimate of drug-likeness (QED) is 0.610. The van der Waals surface area contributed by atoms with Crippen molar-refractivity contribution in [3.05, 3.63) is 29.6 Å². The lowest BCUT2D eigenvalue weighted by atomic mass is 9.71. The Kier molecular flexibility index (Phi) is 2.34. The Labute approximate surface area is 86.6 Å². The number of aryl methyl sites for hydroxylation is 1. The molecular formula is C13H19N. The maximum Gasteiger partial charge on any atom is 0.0302 e. The van der Waals surface area contributed by atoms with Gasteiger partial charge in [0.25, 0.3) is 0 Å². The summed E-state index contributed by atoms with van der Waals surface area (Å²) in [6, 6.07) is 2.19. The standard InChI is InChI=1S/C13H19N/c1-13(2,3)12-5-4-11-9-14-7-6-10(11)8-12/h6-7,9,12H,4-5,8H2,1-3H3/t12-/m0/s1. The molecule has 0 unspecified atom stereocenters. The first-order valence-electron chi connectivity index (χ1n) is 5.49. The molecule has 1 atom stereocenters. The Hall–Kier alpha value is -0.850. The van der Waals surface area contributed by atoms with Crippen molar-refractivity contribution in [2.45, 2.75) is 40.0 Å². The number of pyridine rings is 1. The summed E-state index contributed by atoms with van der Waals surface area (Å²) in [6.07, 6.45) is 7.73. The topological polar surface area (TPSA) is 12.9 Å². The summed E-state index contributed by atoms with van der Waals surface area (Å²) in [4.78, 5) is 4.19. The molecule has 0 fully saturated rings. The second-order valence-corrected chi connectivity index (χ2v) is 5.45. The Morgan fingerprint density at radius 3 is 2.79 bits per heavy atom. The van der Waals surface area contributed by atoms with Crippen LogP contribution in [-0.4, -0.2) is 4.98 Å². The molecule has 0 spiro atoms. The van der Waals surface area contributed by atoms with E-state index in [-0.39, 0.29) is 0 Å². The van der Waals surface area contributed by atoms with Crippen LogP contribution in [-0.2, 0) is 12.8 Å². The summed E-state index contributed by atoms with van der Waals surface area (Å²) in [7, 11) is 0. The first kappa shape index (κ1) is 9.70. The van der Waals surface area contributed by atoms with Gasteiger partial charge in [-0.1, -0.05) is 20.8 Å². The summed E-state index contributed by atoms with van der Waals surface area (Å²) < 4.78 is 0. The lowest BCUT2D eigenvalue weighted by molar-refractivity contribution is 0.216. The molecule has 1 aromatic rings. The maximum atomic E-state index is 4.19. The van der Waals surface area contributed by atoms with Gasteiger partial charge >= 0.3 is 0 Å². The predicted molar refractivity (Wildman–Crippen MR) is 59.2 cm³/mol. The van der Waals surface area contributed by atoms with Crippen LogP contribution in [0.4, 0.5) is 0 Å². The van der Waals surface area contributed by atoms with E-state index in [0.29, 0.717) is 5.41 Å². The van der Waals surface area contributed by atoms with E-state index in [4.69, 9.17) is 0 Å². The Morgan fingerprint density at radius 2 is 2.07 bits per heavy atom. The number of fused-ring (bicyclic) bond motifs is 1. The summed E-state index contributed by atoms with van der Waals surface area (Å²) in [5, 5.41) is 0. The van der Waals surface area contributed by atoms with Crippen molar-refractivity contribution in [2.75, 3.05) is 0 Å². The lowest BCUT2D eigenvalue weighted by Gasteiger charge is -2.34. The zero-order valence-electron chi connectivity index (χ0n) is 9.38. The fourth-order valence-electron chi connectivity index (χ4n) is 2.32. The molecule has 14 heavy (non-hydrogen) atoms. The third kappa shape index (κ3) is 1.82. The summed E-state index contributed by atoms with van der Waals surface area (Å²) in [5.41, 5.74) is 3.43. The Bertz CT molecular complexity index is 322. The predicted octanol–water partition coefficient (Wildman–Crippen LogP) is 3.23. The Morgan fingerprint density at radius 1 is 1.29 bits per heavy atom. The monoisotopic (exact) mass is 189 g/mol. The van der Waals surface area contributed by atoms with E-state index in [1.807, 2.05) is 12.4 Å². The summed E-state index contributed by atoms with van der Waals surface area (Å²) in [6.45, 7) is 7.05. The summed E-state index contributed by atoms with van der Waals surface area (Å²) in [5.74, 6) is 0.831. The number of nitrogens with zero attached hydrogens (tertiary/aromatic N) is 1. The van der Waals surface area contributed by atoms with Gasteiger partial charge in [0.15, 0.2) is 0 Å². The molecule has 1 heterocycles. The highest BCUT2D eigenvalue weighted by Gasteiger charge is 2.28. The number of rotatable bonds is 0. The van der Waals surface area contributed by atoms with Gasteiger partial charge in [-0.15, -0.1) is 0 Å². The van der Waals surface area contributed by atoms with Gasteiger partial charge in [0.1, 0.15) is 0 Å². The highest BCUT2D eigenvalue weighted by molar-refractivity contribution is 5.26. The fraction of sp³-hybridized carbons (Fsp3) is 0.615. The van der Waals surface area contributed by atoms with Crippen LogP contribution in [0, 0.1) is 11.3 Å². The molecule has 0 aliphatic heterocycles. The molecular weight excluding hydrogens is 170 g/mol. The summed E-state index contributed by atoms with van der Waals surface area (Å²) >= 11 is 0. The van der Waals surface area contributed by atoms with Crippen LogP contribution in [0.1, 0.15) is 38.3 Å². The molecule has 1 heteroatoms. The van der Waals surface area contributed by atoms with Gasteiger partial charge in [-0.05, 0) is 47.8 Å². The van der Waals surface area contributed by atoms with Crippen LogP contribution in [0.3, 0.4) is 0 Å². The van der Waals surface area contributed by atoms with Crippen LogP contribution in [0.25, 0.3) is 0 Å². The first-order chi connectivity index (χ1) is 6.57. The minimum absolute atomic E-state index is 0.445. The van der Waals surface area contributed by atoms with E-state index >= 15 is 0 Å². The smallest absolute Gasteiger partial charge is 0.0302 e. The number of hydrogen-bond donors (Lipinski definition) is 0. The van der Waals surface area contributed by atoms with E-state index in [1.165, 1.54) is 30.4 Å². The molecule has 0 bridgehead atoms. The molecule has 1 aliphatic rings. The van der Waals surface area contributed by atoms with Crippen molar-refractivity contribution >= 4 is 0 Å². The van der Waals surface area contributed by atoms with Crippen LogP contribution in [0.2, 0.25) is 0 Å². The van der Waals surface area contributed by atoms with Crippen molar-refractivity contribution in [3.63, 3.8) is 0 Å². The van der Waals surface area contributed by atoms with Gasteiger partial charge in [0, 0.05) is 12.4 Å². The van der Waals surface area contributed by atoms with Crippen LogP contribution in [0.5, 0.6) is 0 Å². The van der Waals surface area contributed by atoms with E-state index in [9.17, 15) is 0 Å². The molecule has 0 saturated carbocycles. The van der Waals surface area contributed by atoms with Crippen molar-refractivity contribution in [2.24, 2.45) is 11.3 Å². The lowest BCUT2D eigenvalue weighted by Crippen LogP contribution is -2.26. The largest absolute Gasteiger partial charge is 0.264 e. The average Bonchev–Trinajstić information content (AvgIpc) is 2.16. The third-order valence-electron chi connectivity index (χ3n) is 3.46. The van der Waals surface area contributed by atoms with Crippen molar-refractivity contribution in [1.82, 2.24) is 4.98 Å². The molecule has 0 radical (unpaired) electrons. The fourth-order valence-corrected chi connectivity index (χ4v) is 2.32. The van der Waals surface area contributed by atoms with Crippen molar-refractivity contribution in [1.29, 1.82) is 0 Å². The van der Waals surface area contributed by atoms with Gasteiger partial charge < -0.3 is 0 Å². The molecule has 76 valence electrons. The van der Waals surface area contributed by atoms with Crippen molar-refractivity contribution < 1.29 is 0 Å². The van der Waals surface area contributed by atoms with Gasteiger partial charge in [-0.25, -0.2) is 0 Å². The van der Waals surface area contributed by atoms with Crippen LogP contribution >= 0.6 is 0 Å². The SMILES string of the molecule is CC(C)(C)[C@H]1CCc2cnccc2C1. The molecule has 2 rings (SSSR count). The molecule has 1 aromatic heterocycles. The zero-order valence-corrected chi connectivity index (χ0v) is 9.38. The molecule has 1 aliphatic carbocycles. The highest BCUT2D eigenvalue weighted by atomic mass is 14.6. The zero-order chi connectivity index (χ0) is 10.2. The van der Waals surface area contributed by atoms with Gasteiger partial charge in [-0.3, -0.25) is 4.98 Å². The molecule has 1 nitrogen and oxygen atoms in total. The van der Waals surface area contributed by atoms with Crippen LogP contribution < -0.4 is 0 Å². The van der Waals surface area contributed by atoms with E-state index in [0.717, 1.165) is 5.92 Å². The third-order valence-corrected chi connectivity index (χ3v) is 3.46. The van der Waals surface area contributed by atoms with E-state index in [2.05, 4.69) is 31.8 Å². The highest BCUT2D eigenvalue weighted by Crippen LogP contribution is 2.36. The minimum atomic E-state index is 0.445. The van der Waals surface area contributed by atoms with Crippen LogP contribution in [0.15, 0.2) is 18.5 Å². The average molecular weight is 189 g/mol. The van der Waals surface area contributed by atoms with Gasteiger partial charge in [0.05, 0.1) is 0 Å². The Balaban J connectivity index is 2.22. The van der Waals surface area contributed by atoms with Gasteiger partial charge in [0.2, 0.25) is 0 Å². The number of hydrogen-bond acceptors (Lipinski definition) is 1.